The van der Waals surface area contributed by atoms with E-state index in [0.717, 1.165) is 30.4 Å². The predicted molar refractivity (Wildman–Crippen MR) is 79.3 cm³/mol. The highest BCUT2D eigenvalue weighted by atomic mass is 32.2. The minimum absolute atomic E-state index is 0.221. The topological polar surface area (TPSA) is 62.7 Å². The molecule has 110 valence electrons. The van der Waals surface area contributed by atoms with Crippen LogP contribution in [0.4, 0.5) is 4.79 Å². The van der Waals surface area contributed by atoms with Crippen LogP contribution in [-0.2, 0) is 9.53 Å². The van der Waals surface area contributed by atoms with Gasteiger partial charge in [0.15, 0.2) is 0 Å². The van der Waals surface area contributed by atoms with Crippen molar-refractivity contribution in [1.82, 2.24) is 14.8 Å². The Bertz CT molecular complexity index is 570. The lowest BCUT2D eigenvalue weighted by molar-refractivity contribution is -0.125. The number of amides is 2. The fraction of sp³-hybridized carbons (Fsp3) is 0.357. The molecule has 6 nitrogen and oxygen atoms in total. The first kappa shape index (κ1) is 14.2. The summed E-state index contributed by atoms with van der Waals surface area (Å²) in [6, 6.07) is 3.65. The van der Waals surface area contributed by atoms with Crippen molar-refractivity contribution in [2.45, 2.75) is 0 Å². The van der Waals surface area contributed by atoms with Crippen molar-refractivity contribution in [2.75, 3.05) is 33.0 Å². The van der Waals surface area contributed by atoms with Crippen LogP contribution in [0.2, 0.25) is 0 Å². The Kier molecular flexibility index (Phi) is 4.33. The van der Waals surface area contributed by atoms with Crippen LogP contribution in [0.15, 0.2) is 29.4 Å². The van der Waals surface area contributed by atoms with E-state index in [1.807, 2.05) is 11.0 Å². The summed E-state index contributed by atoms with van der Waals surface area (Å²) in [5, 5.41) is -0.221. The second-order valence-corrected chi connectivity index (χ2v) is 5.76. The number of thioether (sulfide) groups is 1. The van der Waals surface area contributed by atoms with E-state index in [-0.39, 0.29) is 11.1 Å². The molecule has 3 heterocycles. The van der Waals surface area contributed by atoms with Crippen LogP contribution in [0.1, 0.15) is 5.56 Å². The van der Waals surface area contributed by atoms with Crippen LogP contribution in [0, 0.1) is 0 Å². The fourth-order valence-electron chi connectivity index (χ4n) is 2.18. The molecule has 2 fully saturated rings. The van der Waals surface area contributed by atoms with Gasteiger partial charge in [-0.1, -0.05) is 6.07 Å². The smallest absolute Gasteiger partial charge is 0.294 e. The molecule has 0 bridgehead atoms. The minimum Gasteiger partial charge on any atom is -0.379 e. The molecule has 2 amide bonds. The van der Waals surface area contributed by atoms with Crippen LogP contribution >= 0.6 is 11.8 Å². The summed E-state index contributed by atoms with van der Waals surface area (Å²) in [7, 11) is 0. The van der Waals surface area contributed by atoms with Gasteiger partial charge in [0.1, 0.15) is 0 Å². The van der Waals surface area contributed by atoms with Gasteiger partial charge in [-0.25, -0.2) is 0 Å². The second kappa shape index (κ2) is 6.38. The van der Waals surface area contributed by atoms with Crippen LogP contribution in [0.5, 0.6) is 0 Å². The van der Waals surface area contributed by atoms with Crippen LogP contribution in [0.25, 0.3) is 6.08 Å². The summed E-state index contributed by atoms with van der Waals surface area (Å²) >= 11 is 0.978. The number of imide groups is 1. The Morgan fingerprint density at radius 2 is 2.14 bits per heavy atom. The third kappa shape index (κ3) is 3.31. The monoisotopic (exact) mass is 305 g/mol. The standard InChI is InChI=1S/C14H15N3O3S/c18-13-12(8-11-2-1-3-15-9-11)21-14(19)17(13)10-16-4-6-20-7-5-16/h1-3,8-9H,4-7,10H2. The lowest BCUT2D eigenvalue weighted by Crippen LogP contribution is -2.45. The van der Waals surface area contributed by atoms with E-state index in [1.165, 1.54) is 4.90 Å². The number of hydrogen-bond donors (Lipinski definition) is 0. The molecule has 1 aromatic rings. The van der Waals surface area contributed by atoms with Gasteiger partial charge in [0.2, 0.25) is 0 Å². The number of morpholine rings is 1. The van der Waals surface area contributed by atoms with Crippen molar-refractivity contribution in [3.63, 3.8) is 0 Å². The summed E-state index contributed by atoms with van der Waals surface area (Å²) < 4.78 is 5.26. The number of pyridine rings is 1. The van der Waals surface area contributed by atoms with E-state index in [9.17, 15) is 9.59 Å². The van der Waals surface area contributed by atoms with Gasteiger partial charge >= 0.3 is 0 Å². The molecule has 0 saturated carbocycles. The first-order valence-corrected chi connectivity index (χ1v) is 7.51. The third-order valence-electron chi connectivity index (χ3n) is 3.30. The van der Waals surface area contributed by atoms with Crippen molar-refractivity contribution in [2.24, 2.45) is 0 Å². The molecular weight excluding hydrogens is 290 g/mol. The van der Waals surface area contributed by atoms with Crippen molar-refractivity contribution in [1.29, 1.82) is 0 Å². The van der Waals surface area contributed by atoms with Gasteiger partial charge in [0, 0.05) is 25.5 Å². The van der Waals surface area contributed by atoms with Gasteiger partial charge in [0.05, 0.1) is 24.8 Å². The molecule has 0 spiro atoms. The molecule has 7 heteroatoms. The summed E-state index contributed by atoms with van der Waals surface area (Å²) in [5.74, 6) is -0.236. The average Bonchev–Trinajstić information content (AvgIpc) is 2.77. The number of rotatable bonds is 3. The zero-order valence-electron chi connectivity index (χ0n) is 11.4. The molecule has 0 N–H and O–H groups in total. The molecule has 3 rings (SSSR count). The molecule has 1 aromatic heterocycles. The summed E-state index contributed by atoms with van der Waals surface area (Å²) in [5.41, 5.74) is 0.814. The van der Waals surface area contributed by atoms with Crippen LogP contribution in [-0.4, -0.2) is 58.9 Å². The zero-order valence-corrected chi connectivity index (χ0v) is 12.2. The Labute approximate surface area is 126 Å². The molecule has 0 radical (unpaired) electrons. The number of carbonyl (C=O) groups is 2. The first-order chi connectivity index (χ1) is 10.2. The molecule has 0 unspecified atom stereocenters. The van der Waals surface area contributed by atoms with Crippen molar-refractivity contribution < 1.29 is 14.3 Å². The maximum absolute atomic E-state index is 12.3. The Morgan fingerprint density at radius 1 is 1.33 bits per heavy atom. The van der Waals surface area contributed by atoms with Crippen molar-refractivity contribution >= 4 is 29.0 Å². The van der Waals surface area contributed by atoms with E-state index in [0.29, 0.717) is 24.8 Å². The first-order valence-electron chi connectivity index (χ1n) is 6.69. The minimum atomic E-state index is -0.236. The third-order valence-corrected chi connectivity index (χ3v) is 4.21. The highest BCUT2D eigenvalue weighted by Crippen LogP contribution is 2.32. The van der Waals surface area contributed by atoms with E-state index in [2.05, 4.69) is 4.98 Å². The highest BCUT2D eigenvalue weighted by molar-refractivity contribution is 8.18. The molecule has 2 aliphatic rings. The normalized spacial score (nSPS) is 22.3. The highest BCUT2D eigenvalue weighted by Gasteiger charge is 2.36. The quantitative estimate of drug-likeness (QED) is 0.787. The van der Waals surface area contributed by atoms with Gasteiger partial charge < -0.3 is 4.74 Å². The molecule has 0 aliphatic carbocycles. The van der Waals surface area contributed by atoms with Gasteiger partial charge in [-0.15, -0.1) is 0 Å². The SMILES string of the molecule is O=C1SC(=Cc2cccnc2)C(=O)N1CN1CCOCC1. The number of nitrogens with zero attached hydrogens (tertiary/aromatic N) is 3. The van der Waals surface area contributed by atoms with Gasteiger partial charge in [0.25, 0.3) is 11.1 Å². The van der Waals surface area contributed by atoms with E-state index >= 15 is 0 Å². The Balaban J connectivity index is 1.71. The maximum Gasteiger partial charge on any atom is 0.294 e. The van der Waals surface area contributed by atoms with Crippen LogP contribution < -0.4 is 0 Å². The molecule has 21 heavy (non-hydrogen) atoms. The molecule has 0 atom stereocenters. The van der Waals surface area contributed by atoms with Crippen molar-refractivity contribution in [3.05, 3.63) is 35.0 Å². The summed E-state index contributed by atoms with van der Waals surface area (Å²) in [6.45, 7) is 3.09. The van der Waals surface area contributed by atoms with Gasteiger partial charge in [-0.3, -0.25) is 24.4 Å². The van der Waals surface area contributed by atoms with E-state index in [4.69, 9.17) is 4.74 Å². The van der Waals surface area contributed by atoms with Gasteiger partial charge in [-0.05, 0) is 29.5 Å². The lowest BCUT2D eigenvalue weighted by Gasteiger charge is -2.29. The fourth-order valence-corrected chi connectivity index (χ4v) is 3.01. The molecule has 0 aromatic carbocycles. The molecule has 2 aliphatic heterocycles. The van der Waals surface area contributed by atoms with E-state index < -0.39 is 0 Å². The Morgan fingerprint density at radius 3 is 2.86 bits per heavy atom. The second-order valence-electron chi connectivity index (χ2n) is 4.77. The molecule has 2 saturated heterocycles. The average molecular weight is 305 g/mol. The number of hydrogen-bond acceptors (Lipinski definition) is 6. The molecular formula is C14H15N3O3S. The maximum atomic E-state index is 12.3. The number of aromatic nitrogens is 1. The zero-order chi connectivity index (χ0) is 14.7. The lowest BCUT2D eigenvalue weighted by atomic mass is 10.2. The summed E-state index contributed by atoms with van der Waals surface area (Å²) in [6.07, 6.45) is 5.04. The van der Waals surface area contributed by atoms with Crippen molar-refractivity contribution in [3.8, 4) is 0 Å². The largest absolute Gasteiger partial charge is 0.379 e. The van der Waals surface area contributed by atoms with E-state index in [1.54, 1.807) is 24.5 Å². The predicted octanol–water partition coefficient (Wildman–Crippen LogP) is 1.41. The Hall–Kier alpha value is -1.70. The number of carbonyl (C=O) groups excluding carboxylic acids is 2. The summed E-state index contributed by atoms with van der Waals surface area (Å²) in [4.78, 5) is 32.1. The van der Waals surface area contributed by atoms with Gasteiger partial charge in [-0.2, -0.15) is 0 Å². The number of ether oxygens (including phenoxy) is 1. The van der Waals surface area contributed by atoms with Crippen LogP contribution in [0.3, 0.4) is 0 Å².